The van der Waals surface area contributed by atoms with E-state index < -0.39 is 6.04 Å². The quantitative estimate of drug-likeness (QED) is 0.137. The highest BCUT2D eigenvalue weighted by Gasteiger charge is 2.49. The van der Waals surface area contributed by atoms with Gasteiger partial charge < -0.3 is 19.3 Å². The zero-order valence-corrected chi connectivity index (χ0v) is 23.0. The van der Waals surface area contributed by atoms with Crippen molar-refractivity contribution in [2.24, 2.45) is 5.92 Å². The second kappa shape index (κ2) is 12.0. The monoisotopic (exact) mass is 547 g/mol. The molecule has 0 radical (unpaired) electrons. The van der Waals surface area contributed by atoms with Crippen molar-refractivity contribution in [2.75, 3.05) is 31.5 Å². The summed E-state index contributed by atoms with van der Waals surface area (Å²) in [5.74, 6) is 1.61. The van der Waals surface area contributed by atoms with Crippen molar-refractivity contribution in [3.05, 3.63) is 126 Å². The summed E-state index contributed by atoms with van der Waals surface area (Å²) in [5, 5.41) is 3.37. The fourth-order valence-corrected chi connectivity index (χ4v) is 6.15. The zero-order chi connectivity index (χ0) is 28.1. The number of benzene rings is 4. The van der Waals surface area contributed by atoms with Crippen LogP contribution in [-0.2, 0) is 9.53 Å². The van der Waals surface area contributed by atoms with Gasteiger partial charge in [0.05, 0.1) is 13.1 Å². The minimum absolute atomic E-state index is 0.106. The van der Waals surface area contributed by atoms with E-state index in [0.717, 1.165) is 42.9 Å². The van der Waals surface area contributed by atoms with E-state index in [1.165, 1.54) is 0 Å². The molecule has 3 aliphatic rings. The first-order valence-corrected chi connectivity index (χ1v) is 14.4. The van der Waals surface area contributed by atoms with Gasteiger partial charge in [-0.2, -0.15) is 0 Å². The Morgan fingerprint density at radius 2 is 1.34 bits per heavy atom. The maximum Gasteiger partial charge on any atom is 0.333 e. The SMILES string of the molecule is O=C(C[N+]12CCC(CC1)[C@@H](OC(=O)[C@H](Nc1ccccc1)c1ccccc1)C2)c1ccc(Oc2ccccc2)cc1. The van der Waals surface area contributed by atoms with E-state index in [-0.39, 0.29) is 17.9 Å². The molecule has 0 spiro atoms. The molecule has 0 aromatic heterocycles. The molecule has 4 aromatic rings. The molecular weight excluding hydrogens is 512 g/mol. The molecule has 1 N–H and O–H groups in total. The number of hydrogen-bond donors (Lipinski definition) is 1. The lowest BCUT2D eigenvalue weighted by atomic mass is 9.82. The fourth-order valence-electron chi connectivity index (χ4n) is 6.15. The lowest BCUT2D eigenvalue weighted by molar-refractivity contribution is -0.938. The molecule has 7 rings (SSSR count). The largest absolute Gasteiger partial charge is 0.457 e. The van der Waals surface area contributed by atoms with Gasteiger partial charge in [-0.05, 0) is 54.1 Å². The van der Waals surface area contributed by atoms with Gasteiger partial charge in [0.2, 0.25) is 5.78 Å². The van der Waals surface area contributed by atoms with Crippen molar-refractivity contribution in [3.8, 4) is 11.5 Å². The summed E-state index contributed by atoms with van der Waals surface area (Å²) < 4.78 is 12.8. The number of fused-ring (bicyclic) bond motifs is 3. The summed E-state index contributed by atoms with van der Waals surface area (Å²) in [6.07, 6.45) is 1.71. The molecular formula is C35H35N2O4+. The highest BCUT2D eigenvalue weighted by atomic mass is 16.5. The van der Waals surface area contributed by atoms with Crippen molar-refractivity contribution in [2.45, 2.75) is 25.0 Å². The van der Waals surface area contributed by atoms with Crippen LogP contribution in [0.15, 0.2) is 115 Å². The van der Waals surface area contributed by atoms with Crippen LogP contribution in [0, 0.1) is 5.92 Å². The number of para-hydroxylation sites is 2. The van der Waals surface area contributed by atoms with Crippen LogP contribution in [0.3, 0.4) is 0 Å². The van der Waals surface area contributed by atoms with Crippen LogP contribution in [-0.4, -0.2) is 48.5 Å². The lowest BCUT2D eigenvalue weighted by Crippen LogP contribution is -2.65. The normalized spacial score (nSPS) is 22.0. The van der Waals surface area contributed by atoms with Gasteiger partial charge in [0.1, 0.15) is 24.6 Å². The van der Waals surface area contributed by atoms with Gasteiger partial charge in [0.25, 0.3) is 0 Å². The number of ketones is 1. The average Bonchev–Trinajstić information content (AvgIpc) is 3.02. The van der Waals surface area contributed by atoms with Gasteiger partial charge >= 0.3 is 5.97 Å². The number of hydrogen-bond acceptors (Lipinski definition) is 5. The summed E-state index contributed by atoms with van der Waals surface area (Å²) in [6, 6.07) is 35.8. The Morgan fingerprint density at radius 3 is 2.00 bits per heavy atom. The number of nitrogens with one attached hydrogen (secondary N) is 1. The van der Waals surface area contributed by atoms with E-state index in [4.69, 9.17) is 9.47 Å². The average molecular weight is 548 g/mol. The Hall–Kier alpha value is -4.42. The van der Waals surface area contributed by atoms with Crippen molar-refractivity contribution in [3.63, 3.8) is 0 Å². The van der Waals surface area contributed by atoms with Crippen LogP contribution in [0.2, 0.25) is 0 Å². The summed E-state index contributed by atoms with van der Waals surface area (Å²) >= 11 is 0. The summed E-state index contributed by atoms with van der Waals surface area (Å²) in [4.78, 5) is 27.0. The van der Waals surface area contributed by atoms with Crippen LogP contribution in [0.25, 0.3) is 0 Å². The zero-order valence-electron chi connectivity index (χ0n) is 23.0. The molecule has 6 nitrogen and oxygen atoms in total. The molecule has 6 heteroatoms. The maximum absolute atomic E-state index is 13.6. The molecule has 0 saturated carbocycles. The molecule has 3 heterocycles. The Labute approximate surface area is 241 Å². The highest BCUT2D eigenvalue weighted by Crippen LogP contribution is 2.37. The molecule has 2 bridgehead atoms. The van der Waals surface area contributed by atoms with Crippen molar-refractivity contribution < 1.29 is 23.5 Å². The maximum atomic E-state index is 13.6. The van der Waals surface area contributed by atoms with E-state index in [1.807, 2.05) is 115 Å². The molecule has 0 aliphatic carbocycles. The first-order chi connectivity index (χ1) is 20.1. The van der Waals surface area contributed by atoms with E-state index in [9.17, 15) is 9.59 Å². The van der Waals surface area contributed by atoms with E-state index in [0.29, 0.717) is 34.8 Å². The smallest absolute Gasteiger partial charge is 0.333 e. The van der Waals surface area contributed by atoms with Crippen LogP contribution in [0.5, 0.6) is 11.5 Å². The first-order valence-electron chi connectivity index (χ1n) is 14.4. The Bertz CT molecular complexity index is 1450. The first kappa shape index (κ1) is 26.8. The number of rotatable bonds is 10. The van der Waals surface area contributed by atoms with Gasteiger partial charge in [-0.3, -0.25) is 4.79 Å². The summed E-state index contributed by atoms with van der Waals surface area (Å²) in [7, 11) is 0. The number of anilines is 1. The van der Waals surface area contributed by atoms with E-state index in [1.54, 1.807) is 0 Å². The van der Waals surface area contributed by atoms with Gasteiger partial charge in [0.15, 0.2) is 12.1 Å². The molecule has 3 aliphatic heterocycles. The predicted molar refractivity (Wildman–Crippen MR) is 159 cm³/mol. The molecule has 2 atom stereocenters. The molecule has 3 fully saturated rings. The molecule has 0 unspecified atom stereocenters. The molecule has 41 heavy (non-hydrogen) atoms. The number of carbonyl (C=O) groups excluding carboxylic acids is 2. The number of piperidine rings is 3. The van der Waals surface area contributed by atoms with Crippen LogP contribution in [0.4, 0.5) is 5.69 Å². The molecule has 4 aromatic carbocycles. The summed E-state index contributed by atoms with van der Waals surface area (Å²) in [5.41, 5.74) is 2.40. The number of ether oxygens (including phenoxy) is 2. The number of nitrogens with zero attached hydrogens (tertiary/aromatic N) is 1. The Morgan fingerprint density at radius 1 is 0.756 bits per heavy atom. The van der Waals surface area contributed by atoms with Gasteiger partial charge in [0, 0.05) is 30.0 Å². The Balaban J connectivity index is 1.12. The van der Waals surface area contributed by atoms with Gasteiger partial charge in [-0.15, -0.1) is 0 Å². The lowest BCUT2D eigenvalue weighted by Gasteiger charge is -2.51. The second-order valence-electron chi connectivity index (χ2n) is 11.2. The molecule has 208 valence electrons. The summed E-state index contributed by atoms with van der Waals surface area (Å²) in [6.45, 7) is 2.95. The minimum atomic E-state index is -0.610. The third-order valence-electron chi connectivity index (χ3n) is 8.40. The number of carbonyl (C=O) groups is 2. The fraction of sp³-hybridized carbons (Fsp3) is 0.257. The number of esters is 1. The van der Waals surface area contributed by atoms with Crippen molar-refractivity contribution >= 4 is 17.4 Å². The highest BCUT2D eigenvalue weighted by molar-refractivity contribution is 5.97. The molecule has 0 amide bonds. The van der Waals surface area contributed by atoms with Crippen LogP contribution < -0.4 is 10.1 Å². The van der Waals surface area contributed by atoms with Crippen LogP contribution in [0.1, 0.15) is 34.8 Å². The van der Waals surface area contributed by atoms with Crippen molar-refractivity contribution in [1.82, 2.24) is 0 Å². The third kappa shape index (κ3) is 6.34. The van der Waals surface area contributed by atoms with Crippen LogP contribution >= 0.6 is 0 Å². The third-order valence-corrected chi connectivity index (χ3v) is 8.40. The number of Topliss-reactive ketones (excluding diaryl/α,β-unsaturated/α-hetero) is 1. The van der Waals surface area contributed by atoms with Crippen molar-refractivity contribution in [1.29, 1.82) is 0 Å². The second-order valence-corrected chi connectivity index (χ2v) is 11.2. The van der Waals surface area contributed by atoms with E-state index >= 15 is 0 Å². The van der Waals surface area contributed by atoms with Gasteiger partial charge in [-0.25, -0.2) is 4.79 Å². The topological polar surface area (TPSA) is 64.6 Å². The standard InChI is InChI=1S/C35H35N2O4/c38-32(26-16-18-31(19-17-26)40-30-14-8-3-9-15-30)24-37-22-20-27(21-23-37)33(25-37)41-35(39)34(28-10-4-1-5-11-28)36-29-12-6-2-7-13-29/h1-19,27,33-34,36H,20-25H2/q+1/t27?,33-,34+,37?/m0/s1. The minimum Gasteiger partial charge on any atom is -0.457 e. The predicted octanol–water partition coefficient (Wildman–Crippen LogP) is 6.67. The molecule has 3 saturated heterocycles. The van der Waals surface area contributed by atoms with Gasteiger partial charge in [-0.1, -0.05) is 66.7 Å². The Kier molecular flexibility index (Phi) is 7.83. The van der Waals surface area contributed by atoms with E-state index in [2.05, 4.69) is 5.32 Å². The number of quaternary nitrogens is 1.